The molecule has 0 spiro atoms. The predicted octanol–water partition coefficient (Wildman–Crippen LogP) is 3.20. The highest BCUT2D eigenvalue weighted by Gasteiger charge is 2.01. The lowest BCUT2D eigenvalue weighted by Gasteiger charge is -2.01. The average molecular weight is 189 g/mol. The molecular weight excluding hydrogens is 182 g/mol. The summed E-state index contributed by atoms with van der Waals surface area (Å²) in [5.41, 5.74) is 1.99. The molecule has 0 aliphatic heterocycles. The van der Waals surface area contributed by atoms with E-state index in [0.717, 1.165) is 11.1 Å². The highest BCUT2D eigenvalue weighted by atomic mass is 35.5. The average Bonchev–Trinajstić information content (AvgIpc) is 2.20. The summed E-state index contributed by atoms with van der Waals surface area (Å²) in [5.74, 6) is 0. The van der Waals surface area contributed by atoms with Crippen molar-refractivity contribution >= 4 is 11.6 Å². The second-order valence-electron chi connectivity index (χ2n) is 2.63. The Morgan fingerprint density at radius 2 is 2.15 bits per heavy atom. The number of nitrogens with zero attached hydrogens (tertiary/aromatic N) is 1. The van der Waals surface area contributed by atoms with Crippen LogP contribution in [0.25, 0.3) is 11.1 Å². The Kier molecular flexibility index (Phi) is 2.28. The van der Waals surface area contributed by atoms with Gasteiger partial charge in [-0.15, -0.1) is 0 Å². The molecule has 2 heteroatoms. The van der Waals surface area contributed by atoms with Crippen LogP contribution in [0.5, 0.6) is 0 Å². The first-order chi connectivity index (χ1) is 6.38. The minimum absolute atomic E-state index is 0.530. The van der Waals surface area contributed by atoms with Gasteiger partial charge in [-0.25, -0.2) is 4.98 Å². The predicted molar refractivity (Wildman–Crippen MR) is 53.5 cm³/mol. The van der Waals surface area contributed by atoms with Crippen LogP contribution in [-0.2, 0) is 0 Å². The van der Waals surface area contributed by atoms with Gasteiger partial charge in [0.25, 0.3) is 0 Å². The van der Waals surface area contributed by atoms with Crippen molar-refractivity contribution in [2.75, 3.05) is 0 Å². The molecule has 2 rings (SSSR count). The summed E-state index contributed by atoms with van der Waals surface area (Å²) in [6, 6.07) is 14.5. The van der Waals surface area contributed by atoms with Crippen LogP contribution >= 0.6 is 11.6 Å². The summed E-state index contributed by atoms with van der Waals surface area (Å²) in [6.07, 6.45) is 1.68. The lowest BCUT2D eigenvalue weighted by Crippen LogP contribution is -1.81. The fourth-order valence-corrected chi connectivity index (χ4v) is 1.39. The molecule has 0 atom stereocenters. The quantitative estimate of drug-likeness (QED) is 0.627. The Morgan fingerprint density at radius 1 is 1.23 bits per heavy atom. The van der Waals surface area contributed by atoms with Crippen LogP contribution in [0.3, 0.4) is 0 Å². The second-order valence-corrected chi connectivity index (χ2v) is 2.99. The maximum Gasteiger partial charge on any atom is 0.136 e. The summed E-state index contributed by atoms with van der Waals surface area (Å²) >= 11 is 5.93. The van der Waals surface area contributed by atoms with Crippen LogP contribution in [0.4, 0.5) is 0 Å². The third-order valence-electron chi connectivity index (χ3n) is 1.78. The fourth-order valence-electron chi connectivity index (χ4n) is 1.16. The van der Waals surface area contributed by atoms with Crippen molar-refractivity contribution < 1.29 is 0 Å². The van der Waals surface area contributed by atoms with Gasteiger partial charge in [0.15, 0.2) is 0 Å². The lowest BCUT2D eigenvalue weighted by molar-refractivity contribution is 1.33. The van der Waals surface area contributed by atoms with Gasteiger partial charge in [-0.05, 0) is 29.8 Å². The number of hydrogen-bond acceptors (Lipinski definition) is 1. The van der Waals surface area contributed by atoms with E-state index in [1.165, 1.54) is 0 Å². The number of rotatable bonds is 1. The maximum atomic E-state index is 5.93. The Hall–Kier alpha value is -1.34. The number of benzene rings is 1. The van der Waals surface area contributed by atoms with E-state index in [0.29, 0.717) is 5.15 Å². The molecule has 1 nitrogen and oxygen atoms in total. The van der Waals surface area contributed by atoms with Crippen LogP contribution in [0.1, 0.15) is 0 Å². The zero-order valence-corrected chi connectivity index (χ0v) is 7.62. The molecule has 0 fully saturated rings. The SMILES string of the molecule is Clc1ncccc1-c1c[c]ccc1. The van der Waals surface area contributed by atoms with Crippen LogP contribution in [0, 0.1) is 6.07 Å². The summed E-state index contributed by atoms with van der Waals surface area (Å²) in [4.78, 5) is 4.01. The van der Waals surface area contributed by atoms with Crippen molar-refractivity contribution in [1.82, 2.24) is 4.98 Å². The Balaban J connectivity index is 2.54. The first-order valence-corrected chi connectivity index (χ1v) is 4.33. The van der Waals surface area contributed by atoms with E-state index in [-0.39, 0.29) is 0 Å². The second kappa shape index (κ2) is 3.58. The van der Waals surface area contributed by atoms with Gasteiger partial charge in [0.1, 0.15) is 5.15 Å². The molecule has 0 saturated carbocycles. The molecule has 2 aromatic rings. The molecule has 0 aliphatic carbocycles. The minimum Gasteiger partial charge on any atom is -0.244 e. The number of hydrogen-bond donors (Lipinski definition) is 0. The van der Waals surface area contributed by atoms with E-state index in [2.05, 4.69) is 11.1 Å². The first-order valence-electron chi connectivity index (χ1n) is 3.95. The molecular formula is C11H7ClN. The van der Waals surface area contributed by atoms with Crippen LogP contribution in [0.2, 0.25) is 5.15 Å². The number of aromatic nitrogens is 1. The van der Waals surface area contributed by atoms with E-state index in [4.69, 9.17) is 11.6 Å². The van der Waals surface area contributed by atoms with Crippen LogP contribution < -0.4 is 0 Å². The molecule has 1 radical (unpaired) electrons. The monoisotopic (exact) mass is 188 g/mol. The van der Waals surface area contributed by atoms with Crippen molar-refractivity contribution in [1.29, 1.82) is 0 Å². The normalized spacial score (nSPS) is 9.92. The van der Waals surface area contributed by atoms with Crippen LogP contribution in [-0.4, -0.2) is 4.98 Å². The number of halogens is 1. The van der Waals surface area contributed by atoms with Gasteiger partial charge in [0.2, 0.25) is 0 Å². The smallest absolute Gasteiger partial charge is 0.136 e. The number of pyridine rings is 1. The third kappa shape index (κ3) is 1.70. The van der Waals surface area contributed by atoms with Gasteiger partial charge in [-0.2, -0.15) is 0 Å². The fraction of sp³-hybridized carbons (Fsp3) is 0. The van der Waals surface area contributed by atoms with Crippen molar-refractivity contribution in [2.24, 2.45) is 0 Å². The van der Waals surface area contributed by atoms with Gasteiger partial charge in [0.05, 0.1) is 0 Å². The van der Waals surface area contributed by atoms with Crippen LogP contribution in [0.15, 0.2) is 42.6 Å². The van der Waals surface area contributed by atoms with Crippen molar-refractivity contribution in [2.45, 2.75) is 0 Å². The molecule has 0 aliphatic rings. The van der Waals surface area contributed by atoms with E-state index in [1.807, 2.05) is 36.4 Å². The zero-order chi connectivity index (χ0) is 9.10. The highest BCUT2D eigenvalue weighted by molar-refractivity contribution is 6.32. The molecule has 1 heterocycles. The summed E-state index contributed by atoms with van der Waals surface area (Å²) in [5, 5.41) is 0.530. The summed E-state index contributed by atoms with van der Waals surface area (Å²) in [7, 11) is 0. The highest BCUT2D eigenvalue weighted by Crippen LogP contribution is 2.24. The zero-order valence-electron chi connectivity index (χ0n) is 6.87. The first kappa shape index (κ1) is 8.27. The molecule has 0 amide bonds. The topological polar surface area (TPSA) is 12.9 Å². The molecule has 0 unspecified atom stereocenters. The largest absolute Gasteiger partial charge is 0.244 e. The molecule has 13 heavy (non-hydrogen) atoms. The molecule has 1 aromatic heterocycles. The van der Waals surface area contributed by atoms with E-state index in [1.54, 1.807) is 6.20 Å². The Bertz CT molecular complexity index is 398. The molecule has 1 aromatic carbocycles. The molecule has 0 N–H and O–H groups in total. The van der Waals surface area contributed by atoms with Gasteiger partial charge in [-0.1, -0.05) is 29.8 Å². The van der Waals surface area contributed by atoms with Gasteiger partial charge < -0.3 is 0 Å². The Labute approximate surface area is 82.0 Å². The van der Waals surface area contributed by atoms with Crippen molar-refractivity contribution in [3.63, 3.8) is 0 Å². The van der Waals surface area contributed by atoms with E-state index >= 15 is 0 Å². The standard InChI is InChI=1S/C11H7ClN/c12-11-10(7-4-8-13-11)9-5-2-1-3-6-9/h1-2,4-8H. The van der Waals surface area contributed by atoms with Crippen molar-refractivity contribution in [3.05, 3.63) is 53.8 Å². The summed E-state index contributed by atoms with van der Waals surface area (Å²) < 4.78 is 0. The molecule has 0 saturated heterocycles. The lowest BCUT2D eigenvalue weighted by atomic mass is 10.1. The summed E-state index contributed by atoms with van der Waals surface area (Å²) in [6.45, 7) is 0. The maximum absolute atomic E-state index is 5.93. The van der Waals surface area contributed by atoms with Gasteiger partial charge in [0, 0.05) is 11.8 Å². The van der Waals surface area contributed by atoms with E-state index < -0.39 is 0 Å². The molecule has 0 bridgehead atoms. The third-order valence-corrected chi connectivity index (χ3v) is 2.08. The van der Waals surface area contributed by atoms with E-state index in [9.17, 15) is 0 Å². The van der Waals surface area contributed by atoms with Gasteiger partial charge >= 0.3 is 0 Å². The Morgan fingerprint density at radius 3 is 2.85 bits per heavy atom. The molecule has 63 valence electrons. The van der Waals surface area contributed by atoms with Gasteiger partial charge in [-0.3, -0.25) is 0 Å². The van der Waals surface area contributed by atoms with Crippen molar-refractivity contribution in [3.8, 4) is 11.1 Å². The minimum atomic E-state index is 0.530.